The molecule has 1 aromatic heterocycles. The summed E-state index contributed by atoms with van der Waals surface area (Å²) in [7, 11) is 0. The van der Waals surface area contributed by atoms with Crippen molar-refractivity contribution in [1.82, 2.24) is 4.98 Å². The third-order valence-electron chi connectivity index (χ3n) is 11.2. The zero-order valence-electron chi connectivity index (χ0n) is 26.7. The van der Waals surface area contributed by atoms with Gasteiger partial charge in [0.05, 0.1) is 23.0 Å². The van der Waals surface area contributed by atoms with Gasteiger partial charge in [0, 0.05) is 17.5 Å². The van der Waals surface area contributed by atoms with E-state index < -0.39 is 17.6 Å². The van der Waals surface area contributed by atoms with Crippen LogP contribution in [0.15, 0.2) is 40.8 Å². The van der Waals surface area contributed by atoms with E-state index in [1.54, 1.807) is 11.3 Å². The van der Waals surface area contributed by atoms with Crippen LogP contribution in [0.25, 0.3) is 0 Å². The molecule has 1 aromatic rings. The van der Waals surface area contributed by atoms with Crippen LogP contribution in [0.3, 0.4) is 0 Å². The van der Waals surface area contributed by atoms with E-state index in [4.69, 9.17) is 9.72 Å². The fourth-order valence-electron chi connectivity index (χ4n) is 8.44. The second-order valence-electron chi connectivity index (χ2n) is 15.3. The van der Waals surface area contributed by atoms with E-state index in [1.807, 2.05) is 27.7 Å². The van der Waals surface area contributed by atoms with E-state index in [1.165, 1.54) is 31.3 Å². The largest absolute Gasteiger partial charge is 0.461 e. The zero-order chi connectivity index (χ0) is 30.4. The highest BCUT2D eigenvalue weighted by atomic mass is 32.1. The Hall–Kier alpha value is -1.76. The maximum absolute atomic E-state index is 13.1. The molecule has 0 amide bonds. The number of aliphatic hydroxyl groups is 2. The lowest BCUT2D eigenvalue weighted by molar-refractivity contribution is -0.161. The van der Waals surface area contributed by atoms with Crippen LogP contribution in [0.2, 0.25) is 0 Å². The first-order valence-corrected chi connectivity index (χ1v) is 17.2. The van der Waals surface area contributed by atoms with Crippen LogP contribution in [0, 0.1) is 35.5 Å². The number of fused-ring (bicyclic) bond motifs is 1. The van der Waals surface area contributed by atoms with Crippen LogP contribution in [0.1, 0.15) is 116 Å². The average molecular weight is 596 g/mol. The lowest BCUT2D eigenvalue weighted by Crippen LogP contribution is -2.38. The quantitative estimate of drug-likeness (QED) is 0.298. The summed E-state index contributed by atoms with van der Waals surface area (Å²) in [6.07, 6.45) is 14.2. The Labute approximate surface area is 257 Å². The van der Waals surface area contributed by atoms with Crippen molar-refractivity contribution < 1.29 is 19.7 Å². The van der Waals surface area contributed by atoms with Gasteiger partial charge in [0.1, 0.15) is 11.1 Å². The smallest absolute Gasteiger partial charge is 0.311 e. The van der Waals surface area contributed by atoms with E-state index in [9.17, 15) is 15.0 Å². The molecular formula is C36H53NO4S. The van der Waals surface area contributed by atoms with Crippen LogP contribution in [0.4, 0.5) is 0 Å². The summed E-state index contributed by atoms with van der Waals surface area (Å²) >= 11 is 1.72. The van der Waals surface area contributed by atoms with Crippen molar-refractivity contribution in [1.29, 1.82) is 0 Å². The number of thiazole rings is 1. The Bertz CT molecular complexity index is 1230. The van der Waals surface area contributed by atoms with Crippen molar-refractivity contribution in [3.8, 4) is 0 Å². The van der Waals surface area contributed by atoms with Crippen LogP contribution in [-0.2, 0) is 14.9 Å². The normalized spacial score (nSPS) is 34.3. The summed E-state index contributed by atoms with van der Waals surface area (Å²) in [5, 5.41) is 23.8. The molecule has 0 bridgehead atoms. The summed E-state index contributed by atoms with van der Waals surface area (Å²) in [6.45, 7) is 16.9. The maximum atomic E-state index is 13.1. The first-order chi connectivity index (χ1) is 19.7. The Morgan fingerprint density at radius 2 is 1.95 bits per heavy atom. The molecule has 5 nitrogen and oxygen atoms in total. The zero-order valence-corrected chi connectivity index (χ0v) is 27.6. The van der Waals surface area contributed by atoms with Crippen LogP contribution < -0.4 is 0 Å². The fourth-order valence-corrected chi connectivity index (χ4v) is 9.54. The highest BCUT2D eigenvalue weighted by Crippen LogP contribution is 2.60. The minimum absolute atomic E-state index is 0.107. The lowest BCUT2D eigenvalue weighted by Gasteiger charge is -2.44. The highest BCUT2D eigenvalue weighted by molar-refractivity contribution is 7.09. The van der Waals surface area contributed by atoms with Gasteiger partial charge in [-0.15, -0.1) is 11.3 Å². The number of hydrogen-bond donors (Lipinski definition) is 2. The number of rotatable bonds is 8. The van der Waals surface area contributed by atoms with Crippen molar-refractivity contribution in [2.24, 2.45) is 28.6 Å². The van der Waals surface area contributed by atoms with Gasteiger partial charge in [-0.2, -0.15) is 0 Å². The molecule has 0 unspecified atom stereocenters. The minimum atomic E-state index is -0.646. The van der Waals surface area contributed by atoms with E-state index >= 15 is 0 Å². The molecule has 42 heavy (non-hydrogen) atoms. The molecule has 2 N–H and O–H groups in total. The third kappa shape index (κ3) is 6.23. The van der Waals surface area contributed by atoms with Crippen molar-refractivity contribution in [2.75, 3.05) is 0 Å². The molecule has 5 rings (SSSR count). The summed E-state index contributed by atoms with van der Waals surface area (Å²) in [6, 6.07) is 0. The Morgan fingerprint density at radius 3 is 2.60 bits per heavy atom. The standard InChI is InChI=1S/C36H53NO4S/c1-22(10-15-31(41-33(40)34(4,5)6)36(17-18-36)32-37-23(2)21-42-32)28-13-14-29-25(9-8-16-35(28,29)7)11-12-26-19-27(38)20-30(39)24(26)3/h11-12,21-22,27-31,38-39H,3,8-10,13-20H2,1-2,4-7H3/b25-11+,26-12-/t22-,27-,28-,29+,30+,31-,35-/m1/s1. The number of nitrogens with zero attached hydrogens (tertiary/aromatic N) is 1. The molecule has 0 spiro atoms. The van der Waals surface area contributed by atoms with Gasteiger partial charge in [0.15, 0.2) is 0 Å². The van der Waals surface area contributed by atoms with Crippen LogP contribution in [-0.4, -0.2) is 39.5 Å². The van der Waals surface area contributed by atoms with Gasteiger partial charge in [0.25, 0.3) is 0 Å². The number of aromatic nitrogens is 1. The second kappa shape index (κ2) is 12.0. The lowest BCUT2D eigenvalue weighted by atomic mass is 9.60. The van der Waals surface area contributed by atoms with Gasteiger partial charge in [-0.1, -0.05) is 38.2 Å². The topological polar surface area (TPSA) is 79.7 Å². The SMILES string of the molecule is C=C1/C(=C\C=C2/CCC[C@]3(C)[C@@H]([C@H](C)CC[C@@H](OC(=O)C(C)(C)C)C4(c5nc(C)cs5)CC4)CC[C@@H]23)C[C@@H](O)C[C@@H]1O. The van der Waals surface area contributed by atoms with E-state index in [0.717, 1.165) is 54.0 Å². The number of aliphatic hydroxyl groups excluding tert-OH is 2. The molecule has 232 valence electrons. The highest BCUT2D eigenvalue weighted by Gasteiger charge is 2.56. The second-order valence-corrected chi connectivity index (χ2v) is 16.2. The van der Waals surface area contributed by atoms with Crippen molar-refractivity contribution in [3.63, 3.8) is 0 Å². The predicted octanol–water partition coefficient (Wildman–Crippen LogP) is 8.00. The van der Waals surface area contributed by atoms with E-state index in [0.29, 0.717) is 30.6 Å². The van der Waals surface area contributed by atoms with Gasteiger partial charge >= 0.3 is 5.97 Å². The van der Waals surface area contributed by atoms with E-state index in [2.05, 4.69) is 38.0 Å². The number of hydrogen-bond acceptors (Lipinski definition) is 6. The first-order valence-electron chi connectivity index (χ1n) is 16.3. The monoisotopic (exact) mass is 595 g/mol. The molecule has 0 aromatic carbocycles. The Kier molecular flexibility index (Phi) is 9.02. The average Bonchev–Trinajstić information content (AvgIpc) is 3.47. The van der Waals surface area contributed by atoms with Crippen molar-refractivity contribution >= 4 is 17.3 Å². The molecule has 6 heteroatoms. The van der Waals surface area contributed by atoms with Gasteiger partial charge in [-0.3, -0.25) is 4.79 Å². The molecule has 0 saturated heterocycles. The first kappa shape index (κ1) is 31.7. The number of carbonyl (C=O) groups excluding carboxylic acids is 1. The van der Waals surface area contributed by atoms with Crippen LogP contribution >= 0.6 is 11.3 Å². The van der Waals surface area contributed by atoms with Crippen molar-refractivity contribution in [3.05, 3.63) is 51.5 Å². The van der Waals surface area contributed by atoms with Gasteiger partial charge in [-0.05, 0) is 126 Å². The Balaban J connectivity index is 1.30. The molecule has 1 heterocycles. The van der Waals surface area contributed by atoms with Gasteiger partial charge < -0.3 is 14.9 Å². The van der Waals surface area contributed by atoms with Crippen molar-refractivity contribution in [2.45, 2.75) is 136 Å². The Morgan fingerprint density at radius 1 is 1.21 bits per heavy atom. The fraction of sp³-hybridized carbons (Fsp3) is 0.722. The molecule has 4 aliphatic carbocycles. The number of allylic oxidation sites excluding steroid dienone is 3. The van der Waals surface area contributed by atoms with Crippen LogP contribution in [0.5, 0.6) is 0 Å². The molecule has 4 fully saturated rings. The molecular weight excluding hydrogens is 542 g/mol. The number of carbonyl (C=O) groups is 1. The number of aryl methyl sites for hydroxylation is 1. The predicted molar refractivity (Wildman–Crippen MR) is 170 cm³/mol. The van der Waals surface area contributed by atoms with Gasteiger partial charge in [0.2, 0.25) is 0 Å². The summed E-state index contributed by atoms with van der Waals surface area (Å²) in [4.78, 5) is 18.0. The third-order valence-corrected chi connectivity index (χ3v) is 12.4. The number of ether oxygens (including phenoxy) is 1. The molecule has 4 aliphatic rings. The maximum Gasteiger partial charge on any atom is 0.311 e. The molecule has 0 aliphatic heterocycles. The molecule has 0 radical (unpaired) electrons. The summed E-state index contributed by atoms with van der Waals surface area (Å²) in [5.74, 6) is 1.66. The summed E-state index contributed by atoms with van der Waals surface area (Å²) in [5.41, 5.74) is 3.97. The molecule has 4 saturated carbocycles. The minimum Gasteiger partial charge on any atom is -0.461 e. The molecule has 7 atom stereocenters. The van der Waals surface area contributed by atoms with E-state index in [-0.39, 0.29) is 22.9 Å². The number of esters is 1. The van der Waals surface area contributed by atoms with Gasteiger partial charge in [-0.25, -0.2) is 4.98 Å². The summed E-state index contributed by atoms with van der Waals surface area (Å²) < 4.78 is 6.35.